The van der Waals surface area contributed by atoms with Crippen LogP contribution in [0.3, 0.4) is 0 Å². The normalized spacial score (nSPS) is 18.8. The zero-order chi connectivity index (χ0) is 25.7. The number of fused-ring (bicyclic) bond motifs is 2. The van der Waals surface area contributed by atoms with Crippen molar-refractivity contribution >= 4 is 21.5 Å². The molecule has 0 aliphatic carbocycles. The highest BCUT2D eigenvalue weighted by Gasteiger charge is 2.23. The fourth-order valence-corrected chi connectivity index (χ4v) is 4.19. The summed E-state index contributed by atoms with van der Waals surface area (Å²) in [6, 6.07) is 24.3. The summed E-state index contributed by atoms with van der Waals surface area (Å²) in [7, 11) is 0. The number of rotatable bonds is 14. The summed E-state index contributed by atoms with van der Waals surface area (Å²) in [4.78, 5) is 0. The van der Waals surface area contributed by atoms with E-state index >= 15 is 0 Å². The van der Waals surface area contributed by atoms with Crippen molar-refractivity contribution < 1.29 is 33.2 Å². The van der Waals surface area contributed by atoms with Crippen LogP contribution in [0.25, 0.3) is 21.5 Å². The lowest BCUT2D eigenvalue weighted by Crippen LogP contribution is -2.21. The van der Waals surface area contributed by atoms with Gasteiger partial charge in [-0.05, 0) is 77.0 Å². The first-order chi connectivity index (χ1) is 18.7. The van der Waals surface area contributed by atoms with Crippen LogP contribution in [0, 0.1) is 0 Å². The summed E-state index contributed by atoms with van der Waals surface area (Å²) in [6.07, 6.45) is 0.411. The maximum absolute atomic E-state index is 6.07. The van der Waals surface area contributed by atoms with Crippen molar-refractivity contribution in [1.82, 2.24) is 0 Å². The molecule has 4 aromatic carbocycles. The minimum absolute atomic E-state index is 0.0860. The Bertz CT molecular complexity index is 1380. The predicted octanol–water partition coefficient (Wildman–Crippen LogP) is 5.41. The van der Waals surface area contributed by atoms with Gasteiger partial charge >= 0.3 is 0 Å². The van der Waals surface area contributed by atoms with E-state index in [1.807, 2.05) is 79.7 Å². The summed E-state index contributed by atoms with van der Waals surface area (Å²) in [5.41, 5.74) is 0. The molecule has 0 saturated carbocycles. The SMILES string of the molecule is CC(COCCOc1ccc2cc(OCC3CO3)ccc2c1)Oc1ccc2cc(OCC3CO3)ccc2c1. The molecule has 38 heavy (non-hydrogen) atoms. The second-order valence-corrected chi connectivity index (χ2v) is 9.73. The number of hydrogen-bond donors (Lipinski definition) is 0. The van der Waals surface area contributed by atoms with E-state index in [1.54, 1.807) is 0 Å². The minimum atomic E-state index is -0.0860. The third kappa shape index (κ3) is 6.86. The minimum Gasteiger partial charge on any atom is -0.491 e. The lowest BCUT2D eigenvalue weighted by molar-refractivity contribution is 0.0432. The molecule has 0 bridgehead atoms. The first kappa shape index (κ1) is 24.8. The van der Waals surface area contributed by atoms with Crippen LogP contribution in [-0.2, 0) is 14.2 Å². The molecule has 2 aliphatic heterocycles. The molecule has 198 valence electrons. The highest BCUT2D eigenvalue weighted by atomic mass is 16.6. The third-order valence-corrected chi connectivity index (χ3v) is 6.43. The summed E-state index contributed by atoms with van der Waals surface area (Å²) < 4.78 is 39.7. The molecular weight excluding hydrogens is 484 g/mol. The lowest BCUT2D eigenvalue weighted by Gasteiger charge is -2.16. The van der Waals surface area contributed by atoms with Gasteiger partial charge in [-0.25, -0.2) is 0 Å². The van der Waals surface area contributed by atoms with Crippen LogP contribution in [0.4, 0.5) is 0 Å². The summed E-state index contributed by atoms with van der Waals surface area (Å²) in [5.74, 6) is 3.34. The zero-order valence-corrected chi connectivity index (χ0v) is 21.5. The molecule has 0 amide bonds. The van der Waals surface area contributed by atoms with Crippen LogP contribution in [-0.4, -0.2) is 64.6 Å². The quantitative estimate of drug-likeness (QED) is 0.164. The third-order valence-electron chi connectivity index (χ3n) is 6.43. The van der Waals surface area contributed by atoms with Gasteiger partial charge in [-0.2, -0.15) is 0 Å². The maximum atomic E-state index is 6.07. The van der Waals surface area contributed by atoms with Crippen molar-refractivity contribution in [3.05, 3.63) is 72.8 Å². The van der Waals surface area contributed by atoms with Gasteiger partial charge in [0.15, 0.2) is 0 Å². The van der Waals surface area contributed by atoms with Crippen molar-refractivity contribution in [2.24, 2.45) is 0 Å². The Labute approximate surface area is 222 Å². The zero-order valence-electron chi connectivity index (χ0n) is 21.5. The van der Waals surface area contributed by atoms with E-state index in [0.29, 0.717) is 33.0 Å². The topological polar surface area (TPSA) is 71.2 Å². The van der Waals surface area contributed by atoms with Crippen LogP contribution in [0.2, 0.25) is 0 Å². The molecule has 2 fully saturated rings. The smallest absolute Gasteiger partial charge is 0.120 e. The molecule has 4 aromatic rings. The Morgan fingerprint density at radius 1 is 0.632 bits per heavy atom. The average molecular weight is 517 g/mol. The van der Waals surface area contributed by atoms with Gasteiger partial charge in [0.1, 0.15) is 61.1 Å². The summed E-state index contributed by atoms with van der Waals surface area (Å²) in [6.45, 7) is 6.22. The molecule has 2 aliphatic rings. The molecule has 6 rings (SSSR count). The molecule has 7 nitrogen and oxygen atoms in total. The monoisotopic (exact) mass is 516 g/mol. The predicted molar refractivity (Wildman–Crippen MR) is 145 cm³/mol. The van der Waals surface area contributed by atoms with Gasteiger partial charge in [-0.3, -0.25) is 0 Å². The van der Waals surface area contributed by atoms with Crippen molar-refractivity contribution in [1.29, 1.82) is 0 Å². The Morgan fingerprint density at radius 3 is 1.58 bits per heavy atom. The first-order valence-electron chi connectivity index (χ1n) is 13.1. The second-order valence-electron chi connectivity index (χ2n) is 9.73. The van der Waals surface area contributed by atoms with Gasteiger partial charge in [0.2, 0.25) is 0 Å². The Morgan fingerprint density at radius 2 is 1.08 bits per heavy atom. The van der Waals surface area contributed by atoms with Crippen LogP contribution in [0.5, 0.6) is 23.0 Å². The Hall–Kier alpha value is -3.52. The van der Waals surface area contributed by atoms with E-state index in [4.69, 9.17) is 33.2 Å². The molecule has 0 spiro atoms. The Balaban J connectivity index is 0.919. The van der Waals surface area contributed by atoms with Crippen LogP contribution in [0.1, 0.15) is 6.92 Å². The van der Waals surface area contributed by atoms with E-state index in [1.165, 1.54) is 0 Å². The summed E-state index contributed by atoms with van der Waals surface area (Å²) in [5, 5.41) is 4.43. The highest BCUT2D eigenvalue weighted by molar-refractivity contribution is 5.86. The molecular formula is C31H32O7. The average Bonchev–Trinajstić information content (AvgIpc) is 3.86. The van der Waals surface area contributed by atoms with Crippen LogP contribution >= 0.6 is 0 Å². The largest absolute Gasteiger partial charge is 0.491 e. The van der Waals surface area contributed by atoms with Crippen LogP contribution < -0.4 is 18.9 Å². The van der Waals surface area contributed by atoms with Gasteiger partial charge in [0, 0.05) is 0 Å². The molecule has 0 radical (unpaired) electrons. The molecule has 2 saturated heterocycles. The van der Waals surface area contributed by atoms with E-state index in [0.717, 1.165) is 57.8 Å². The number of ether oxygens (including phenoxy) is 7. The summed E-state index contributed by atoms with van der Waals surface area (Å²) >= 11 is 0. The maximum Gasteiger partial charge on any atom is 0.120 e. The van der Waals surface area contributed by atoms with E-state index < -0.39 is 0 Å². The standard InChI is InChI=1S/C31H32O7/c1-21(38-29-9-5-24-14-28(8-4-25(24)15-29)35-18-31-20-37-31)16-32-10-11-33-26-6-2-23-13-27(7-3-22(23)12-26)34-17-30-19-36-30/h2-9,12-15,21,30-31H,10-11,16-20H2,1H3. The van der Waals surface area contributed by atoms with E-state index in [2.05, 4.69) is 0 Å². The molecule has 3 atom stereocenters. The lowest BCUT2D eigenvalue weighted by atomic mass is 10.1. The van der Waals surface area contributed by atoms with Crippen molar-refractivity contribution in [2.75, 3.05) is 46.2 Å². The number of hydrogen-bond acceptors (Lipinski definition) is 7. The molecule has 0 N–H and O–H groups in total. The molecule has 0 aromatic heterocycles. The van der Waals surface area contributed by atoms with Crippen molar-refractivity contribution in [3.63, 3.8) is 0 Å². The van der Waals surface area contributed by atoms with Gasteiger partial charge in [0.05, 0.1) is 26.4 Å². The van der Waals surface area contributed by atoms with Gasteiger partial charge < -0.3 is 33.2 Å². The van der Waals surface area contributed by atoms with Crippen LogP contribution in [0.15, 0.2) is 72.8 Å². The fourth-order valence-electron chi connectivity index (χ4n) is 4.19. The molecule has 2 heterocycles. The van der Waals surface area contributed by atoms with Gasteiger partial charge in [0.25, 0.3) is 0 Å². The van der Waals surface area contributed by atoms with E-state index in [9.17, 15) is 0 Å². The highest BCUT2D eigenvalue weighted by Crippen LogP contribution is 2.27. The molecule has 7 heteroatoms. The van der Waals surface area contributed by atoms with Crippen molar-refractivity contribution in [2.45, 2.75) is 25.2 Å². The van der Waals surface area contributed by atoms with E-state index in [-0.39, 0.29) is 18.3 Å². The molecule has 3 unspecified atom stereocenters. The Kier molecular flexibility index (Phi) is 7.49. The number of epoxide rings is 2. The van der Waals surface area contributed by atoms with Gasteiger partial charge in [-0.1, -0.05) is 24.3 Å². The van der Waals surface area contributed by atoms with Crippen molar-refractivity contribution in [3.8, 4) is 23.0 Å². The number of benzene rings is 4. The second kappa shape index (κ2) is 11.5. The fraction of sp³-hybridized carbons (Fsp3) is 0.355. The van der Waals surface area contributed by atoms with Gasteiger partial charge in [-0.15, -0.1) is 0 Å². The first-order valence-corrected chi connectivity index (χ1v) is 13.1.